The lowest BCUT2D eigenvalue weighted by atomic mass is 9.84. The van der Waals surface area contributed by atoms with Gasteiger partial charge in [0.25, 0.3) is 11.8 Å². The van der Waals surface area contributed by atoms with Gasteiger partial charge in [-0.2, -0.15) is 5.10 Å². The van der Waals surface area contributed by atoms with Gasteiger partial charge in [-0.05, 0) is 97.0 Å². The van der Waals surface area contributed by atoms with Crippen LogP contribution in [0.1, 0.15) is 108 Å². The van der Waals surface area contributed by atoms with Crippen LogP contribution in [-0.4, -0.2) is 134 Å². The summed E-state index contributed by atoms with van der Waals surface area (Å²) in [6, 6.07) is 22.8. The number of thiazole rings is 2. The number of nitrogens with one attached hydrogen (secondary N) is 4. The third-order valence-electron chi connectivity index (χ3n) is 16.9. The molecule has 4 aliphatic rings. The molecule has 3 fully saturated rings. The Labute approximate surface area is 502 Å². The number of likely N-dealkylation sites (tertiary alicyclic amines) is 2. The number of fused-ring (bicyclic) bond motifs is 2. The summed E-state index contributed by atoms with van der Waals surface area (Å²) in [5.41, 5.74) is 8.82. The predicted octanol–water partition coefficient (Wildman–Crippen LogP) is 7.49. The third kappa shape index (κ3) is 13.3. The number of β-amino-alcohol motifs (C(OH)–C–C–N with tert-alkyl or cyclic N) is 1. The number of pyridine rings is 1. The molecule has 3 aliphatic heterocycles. The van der Waals surface area contributed by atoms with Gasteiger partial charge < -0.3 is 30.4 Å². The zero-order valence-electron chi connectivity index (χ0n) is 48.5. The number of carbonyl (C=O) groups is 5. The molecule has 4 aromatic heterocycles. The van der Waals surface area contributed by atoms with Crippen molar-refractivity contribution in [3.05, 3.63) is 130 Å². The number of rotatable bonds is 18. The molecular weight excluding hydrogens is 1140 g/mol. The molecule has 7 aromatic rings. The lowest BCUT2D eigenvalue weighted by Gasteiger charge is -2.41. The van der Waals surface area contributed by atoms with Gasteiger partial charge in [-0.15, -0.1) is 11.3 Å². The molecule has 1 aliphatic carbocycles. The zero-order chi connectivity index (χ0) is 59.7. The number of hydrogen-bond acceptors (Lipinski definition) is 16. The monoisotopic (exact) mass is 1210 g/mol. The molecule has 0 unspecified atom stereocenters. The van der Waals surface area contributed by atoms with Crippen LogP contribution in [0, 0.1) is 31.1 Å². The number of benzene rings is 3. The van der Waals surface area contributed by atoms with Gasteiger partial charge in [0.1, 0.15) is 23.6 Å². The van der Waals surface area contributed by atoms with Crippen LogP contribution in [0.25, 0.3) is 31.8 Å². The average Bonchev–Trinajstić information content (AvgIpc) is 2.82. The van der Waals surface area contributed by atoms with Gasteiger partial charge in [0.15, 0.2) is 5.13 Å². The van der Waals surface area contributed by atoms with Crippen molar-refractivity contribution < 1.29 is 37.5 Å². The number of nitrogens with zero attached hydrogens (tertiary/aromatic N) is 8. The molecule has 3 atom stereocenters. The van der Waals surface area contributed by atoms with E-state index in [0.717, 1.165) is 68.1 Å². The summed E-state index contributed by atoms with van der Waals surface area (Å²) in [5, 5.41) is 24.9. The van der Waals surface area contributed by atoms with E-state index >= 15 is 0 Å². The maximum Gasteiger partial charge on any atom is 0.284 e. The first kappa shape index (κ1) is 59.3. The van der Waals surface area contributed by atoms with E-state index in [2.05, 4.69) is 30.6 Å². The minimum atomic E-state index is -4.27. The molecule has 5 N–H and O–H groups in total. The van der Waals surface area contributed by atoms with Gasteiger partial charge in [0.2, 0.25) is 27.7 Å². The number of aliphatic hydroxyl groups excluding tert-OH is 1. The Kier molecular flexibility index (Phi) is 17.4. The second-order valence-corrected chi connectivity index (χ2v) is 27.8. The highest BCUT2D eigenvalue weighted by Crippen LogP contribution is 2.35. The number of sulfonamides is 1. The first-order chi connectivity index (χ1) is 40.7. The van der Waals surface area contributed by atoms with E-state index in [1.807, 2.05) is 111 Å². The first-order valence-electron chi connectivity index (χ1n) is 29.1. The number of aromatic nitrogens is 5. The molecule has 5 amide bonds. The largest absolute Gasteiger partial charge is 0.391 e. The van der Waals surface area contributed by atoms with Gasteiger partial charge in [0.05, 0.1) is 50.3 Å². The van der Waals surface area contributed by atoms with Crippen molar-refractivity contribution in [2.24, 2.45) is 17.3 Å². The SMILES string of the molecule is Cc1ncsc1-c1ccc(CNC(=O)[C@@H]2C[C@@H](O)CN2C(=O)[C@@H](NC(=O)C2CN(CCS(=O)(=O)NC(=O)c3nc(N4CCc5cccc(C(=O)Nc6nc7ccccc7s6)c5C4)ccc3-c3cnn(CC4CCCCC4)c3C)C2)C(C)(C)C)cc1. The second-order valence-electron chi connectivity index (χ2n) is 24.0. The first-order valence-corrected chi connectivity index (χ1v) is 32.5. The van der Waals surface area contributed by atoms with Crippen molar-refractivity contribution in [1.82, 2.24) is 49.9 Å². The summed E-state index contributed by atoms with van der Waals surface area (Å²) in [6.45, 7) is 11.5. The van der Waals surface area contributed by atoms with Crippen LogP contribution < -0.4 is 25.6 Å². The van der Waals surface area contributed by atoms with Crippen LogP contribution in [-0.2, 0) is 50.5 Å². The molecular formula is C62H72N12O8S3. The Morgan fingerprint density at radius 2 is 1.64 bits per heavy atom. The molecule has 3 aromatic carbocycles. The fourth-order valence-corrected chi connectivity index (χ4v) is 14.7. The van der Waals surface area contributed by atoms with Crippen molar-refractivity contribution in [3.8, 4) is 21.6 Å². The molecule has 85 heavy (non-hydrogen) atoms. The molecule has 23 heteroatoms. The van der Waals surface area contributed by atoms with E-state index in [-0.39, 0.29) is 50.7 Å². The molecule has 11 rings (SSSR count). The van der Waals surface area contributed by atoms with Crippen LogP contribution in [0.15, 0.2) is 90.6 Å². The number of carbonyl (C=O) groups excluding carboxylic acids is 5. The number of aryl methyl sites for hydroxylation is 1. The van der Waals surface area contributed by atoms with Gasteiger partial charge in [-0.1, -0.05) is 99.9 Å². The number of aliphatic hydroxyl groups is 1. The number of para-hydroxylation sites is 1. The van der Waals surface area contributed by atoms with Gasteiger partial charge in [-0.25, -0.2) is 28.1 Å². The van der Waals surface area contributed by atoms with Crippen molar-refractivity contribution in [2.45, 2.75) is 117 Å². The van der Waals surface area contributed by atoms with Gasteiger partial charge in [-0.3, -0.25) is 34.0 Å². The van der Waals surface area contributed by atoms with Crippen LogP contribution in [0.3, 0.4) is 0 Å². The molecule has 0 bridgehead atoms. The lowest BCUT2D eigenvalue weighted by molar-refractivity contribution is -0.145. The molecule has 0 radical (unpaired) electrons. The Morgan fingerprint density at radius 1 is 0.859 bits per heavy atom. The van der Waals surface area contributed by atoms with Crippen LogP contribution >= 0.6 is 22.7 Å². The van der Waals surface area contributed by atoms with E-state index < -0.39 is 68.9 Å². The number of amides is 5. The van der Waals surface area contributed by atoms with Crippen LogP contribution in [0.4, 0.5) is 10.9 Å². The molecule has 7 heterocycles. The van der Waals surface area contributed by atoms with Crippen LogP contribution in [0.2, 0.25) is 0 Å². The van der Waals surface area contributed by atoms with Crippen LogP contribution in [0.5, 0.6) is 0 Å². The fourth-order valence-electron chi connectivity index (χ4n) is 12.1. The predicted molar refractivity (Wildman–Crippen MR) is 328 cm³/mol. The summed E-state index contributed by atoms with van der Waals surface area (Å²) in [4.78, 5) is 90.4. The molecule has 2 saturated heterocycles. The summed E-state index contributed by atoms with van der Waals surface area (Å²) < 4.78 is 33.1. The zero-order valence-corrected chi connectivity index (χ0v) is 50.9. The van der Waals surface area contributed by atoms with Crippen molar-refractivity contribution in [3.63, 3.8) is 0 Å². The second kappa shape index (κ2) is 24.9. The summed E-state index contributed by atoms with van der Waals surface area (Å²) in [5.74, 6) is -2.58. The minimum absolute atomic E-state index is 0.0157. The maximum atomic E-state index is 14.5. The van der Waals surface area contributed by atoms with E-state index in [0.29, 0.717) is 53.1 Å². The number of hydrogen-bond donors (Lipinski definition) is 5. The van der Waals surface area contributed by atoms with E-state index in [1.54, 1.807) is 40.1 Å². The smallest absolute Gasteiger partial charge is 0.284 e. The van der Waals surface area contributed by atoms with E-state index in [4.69, 9.17) is 10.1 Å². The Balaban J connectivity index is 0.732. The van der Waals surface area contributed by atoms with Gasteiger partial charge in [0, 0.05) is 81.2 Å². The highest BCUT2D eigenvalue weighted by molar-refractivity contribution is 7.90. The normalized spacial score (nSPS) is 18.2. The third-order valence-corrected chi connectivity index (χ3v) is 20.1. The quantitative estimate of drug-likeness (QED) is 0.0558. The summed E-state index contributed by atoms with van der Waals surface area (Å²) in [7, 11) is -4.27. The van der Waals surface area contributed by atoms with E-state index in [1.165, 1.54) is 35.5 Å². The minimum Gasteiger partial charge on any atom is -0.391 e. The molecule has 0 spiro atoms. The molecule has 1 saturated carbocycles. The molecule has 446 valence electrons. The maximum absolute atomic E-state index is 14.5. The standard InChI is InChI=1S/C62H72N12O8S3/c1-37-54(83-36-64-37)42-20-18-39(19-21-42)29-63-58(78)50-28-44(75)34-73(50)60(80)55(62(3,4)5)68-56(76)43-32-71(33-43)26-27-85(81,82)70-59(79)53-45(47-30-65-74(38(47)2)31-40-12-7-6-8-13-40)22-23-52(67-53)72-25-24-41-14-11-15-46(48(41)35-72)57(77)69-61-66-49-16-9-10-17-51(49)84-61/h9-11,14-23,30,36,40,43-44,50,55,75H,6-8,12-13,24-29,31-35H2,1-5H3,(H,63,78)(H,68,76)(H,70,79)(H,66,69,77)/t44-,50+,55-/m1/s1. The highest BCUT2D eigenvalue weighted by Gasteiger charge is 2.46. The Hall–Kier alpha value is -7.44. The Morgan fingerprint density at radius 3 is 2.38 bits per heavy atom. The molecule has 20 nitrogen and oxygen atoms in total. The average molecular weight is 1210 g/mol. The van der Waals surface area contributed by atoms with E-state index in [9.17, 15) is 37.5 Å². The number of anilines is 2. The van der Waals surface area contributed by atoms with Gasteiger partial charge >= 0.3 is 0 Å². The fraction of sp³-hybridized carbons (Fsp3) is 0.435. The topological polar surface area (TPSA) is 254 Å². The summed E-state index contributed by atoms with van der Waals surface area (Å²) in [6.07, 6.45) is 7.24. The highest BCUT2D eigenvalue weighted by atomic mass is 32.2. The Bertz CT molecular complexity index is 3730. The van der Waals surface area contributed by atoms with Crippen molar-refractivity contribution in [1.29, 1.82) is 0 Å². The summed E-state index contributed by atoms with van der Waals surface area (Å²) >= 11 is 2.95. The lowest BCUT2D eigenvalue weighted by Crippen LogP contribution is -2.61. The van der Waals surface area contributed by atoms with Crippen molar-refractivity contribution in [2.75, 3.05) is 48.7 Å². The van der Waals surface area contributed by atoms with Crippen molar-refractivity contribution >= 4 is 83.4 Å².